The van der Waals surface area contributed by atoms with Crippen LogP contribution in [-0.4, -0.2) is 36.9 Å². The van der Waals surface area contributed by atoms with Crippen LogP contribution in [0.4, 0.5) is 0 Å². The second-order valence-corrected chi connectivity index (χ2v) is 4.61. The van der Waals surface area contributed by atoms with Gasteiger partial charge in [0.2, 0.25) is 0 Å². The molecule has 0 aromatic carbocycles. The molecule has 1 heterocycles. The van der Waals surface area contributed by atoms with Crippen LogP contribution < -0.4 is 0 Å². The molecule has 2 rings (SSSR count). The maximum atomic E-state index is 5.40. The molecule has 1 saturated heterocycles. The molecule has 0 aromatic rings. The Morgan fingerprint density at radius 2 is 2.06 bits per heavy atom. The van der Waals surface area contributed by atoms with Crippen LogP contribution in [0.2, 0.25) is 0 Å². The van der Waals surface area contributed by atoms with Crippen LogP contribution in [0.5, 0.6) is 0 Å². The molecular formula is C13H22N2O. The molecule has 16 heavy (non-hydrogen) atoms. The first-order valence-electron chi connectivity index (χ1n) is 6.50. The number of oxime groups is 1. The quantitative estimate of drug-likeness (QED) is 0.415. The van der Waals surface area contributed by atoms with Crippen LogP contribution in [0, 0.1) is 0 Å². The SMILES string of the molecule is C1=CCC(=NOCCN2CCCC2)CCC1. The zero-order valence-corrected chi connectivity index (χ0v) is 10.0. The molecule has 3 heteroatoms. The van der Waals surface area contributed by atoms with Gasteiger partial charge in [0.1, 0.15) is 6.61 Å². The largest absolute Gasteiger partial charge is 0.394 e. The van der Waals surface area contributed by atoms with Gasteiger partial charge < -0.3 is 4.84 Å². The van der Waals surface area contributed by atoms with Crippen molar-refractivity contribution in [3.05, 3.63) is 12.2 Å². The highest BCUT2D eigenvalue weighted by Crippen LogP contribution is 2.09. The summed E-state index contributed by atoms with van der Waals surface area (Å²) in [5, 5.41) is 4.24. The standard InChI is InChI=1S/C13H22N2O/c1-2-4-8-13(7-3-1)14-16-12-11-15-9-5-6-10-15/h1,3H,2,4-12H2. The predicted octanol–water partition coefficient (Wildman–Crippen LogP) is 2.59. The first kappa shape index (κ1) is 11.6. The van der Waals surface area contributed by atoms with Gasteiger partial charge >= 0.3 is 0 Å². The molecule has 0 bridgehead atoms. The highest BCUT2D eigenvalue weighted by Gasteiger charge is 2.10. The van der Waals surface area contributed by atoms with Crippen molar-refractivity contribution in [3.63, 3.8) is 0 Å². The van der Waals surface area contributed by atoms with Crippen molar-refractivity contribution in [2.24, 2.45) is 5.16 Å². The van der Waals surface area contributed by atoms with E-state index in [-0.39, 0.29) is 0 Å². The first-order valence-corrected chi connectivity index (χ1v) is 6.50. The molecule has 0 spiro atoms. The van der Waals surface area contributed by atoms with E-state index >= 15 is 0 Å². The van der Waals surface area contributed by atoms with Crippen molar-refractivity contribution >= 4 is 5.71 Å². The number of rotatable bonds is 4. The Labute approximate surface area is 98.1 Å². The lowest BCUT2D eigenvalue weighted by molar-refractivity contribution is 0.118. The van der Waals surface area contributed by atoms with Gasteiger partial charge in [-0.2, -0.15) is 0 Å². The molecule has 0 radical (unpaired) electrons. The Hall–Kier alpha value is -0.830. The summed E-state index contributed by atoms with van der Waals surface area (Å²) in [6.45, 7) is 4.26. The normalized spacial score (nSPS) is 24.9. The van der Waals surface area contributed by atoms with Gasteiger partial charge in [0.25, 0.3) is 0 Å². The highest BCUT2D eigenvalue weighted by atomic mass is 16.6. The number of nitrogens with zero attached hydrogens (tertiary/aromatic N) is 2. The van der Waals surface area contributed by atoms with E-state index in [1.165, 1.54) is 44.5 Å². The van der Waals surface area contributed by atoms with E-state index in [1.807, 2.05) is 0 Å². The van der Waals surface area contributed by atoms with Crippen LogP contribution in [0.25, 0.3) is 0 Å². The Morgan fingerprint density at radius 3 is 2.94 bits per heavy atom. The third kappa shape index (κ3) is 3.97. The Balaban J connectivity index is 1.61. The van der Waals surface area contributed by atoms with Gasteiger partial charge in [-0.1, -0.05) is 17.3 Å². The minimum atomic E-state index is 0.743. The van der Waals surface area contributed by atoms with E-state index in [0.717, 1.165) is 26.0 Å². The third-order valence-corrected chi connectivity index (χ3v) is 3.25. The number of hydrogen-bond acceptors (Lipinski definition) is 3. The van der Waals surface area contributed by atoms with Gasteiger partial charge in [0.05, 0.1) is 5.71 Å². The topological polar surface area (TPSA) is 24.8 Å². The molecule has 1 aliphatic carbocycles. The predicted molar refractivity (Wildman–Crippen MR) is 66.7 cm³/mol. The van der Waals surface area contributed by atoms with Gasteiger partial charge in [0, 0.05) is 13.0 Å². The van der Waals surface area contributed by atoms with E-state index in [4.69, 9.17) is 4.84 Å². The molecule has 0 saturated carbocycles. The maximum absolute atomic E-state index is 5.40. The Kier molecular flexibility index (Phi) is 4.87. The van der Waals surface area contributed by atoms with E-state index < -0.39 is 0 Å². The fourth-order valence-corrected chi connectivity index (χ4v) is 2.26. The van der Waals surface area contributed by atoms with Crippen molar-refractivity contribution in [2.75, 3.05) is 26.2 Å². The number of allylic oxidation sites excluding steroid dienone is 2. The fourth-order valence-electron chi connectivity index (χ4n) is 2.26. The molecular weight excluding hydrogens is 200 g/mol. The lowest BCUT2D eigenvalue weighted by atomic mass is 10.2. The monoisotopic (exact) mass is 222 g/mol. The van der Waals surface area contributed by atoms with Crippen LogP contribution in [0.1, 0.15) is 38.5 Å². The molecule has 0 amide bonds. The maximum Gasteiger partial charge on any atom is 0.129 e. The van der Waals surface area contributed by atoms with E-state index in [2.05, 4.69) is 22.2 Å². The molecule has 0 atom stereocenters. The summed E-state index contributed by atoms with van der Waals surface area (Å²) in [5.41, 5.74) is 1.20. The molecule has 1 fully saturated rings. The first-order chi connectivity index (χ1) is 7.95. The zero-order valence-electron chi connectivity index (χ0n) is 10.0. The van der Waals surface area contributed by atoms with Gasteiger partial charge in [-0.3, -0.25) is 4.90 Å². The van der Waals surface area contributed by atoms with Crippen molar-refractivity contribution in [1.29, 1.82) is 0 Å². The van der Waals surface area contributed by atoms with Gasteiger partial charge in [-0.15, -0.1) is 0 Å². The second-order valence-electron chi connectivity index (χ2n) is 4.61. The van der Waals surface area contributed by atoms with Crippen LogP contribution >= 0.6 is 0 Å². The van der Waals surface area contributed by atoms with Crippen molar-refractivity contribution in [2.45, 2.75) is 38.5 Å². The summed E-state index contributed by atoms with van der Waals surface area (Å²) in [7, 11) is 0. The Morgan fingerprint density at radius 1 is 1.19 bits per heavy atom. The smallest absolute Gasteiger partial charge is 0.129 e. The minimum absolute atomic E-state index is 0.743. The average molecular weight is 222 g/mol. The lowest BCUT2D eigenvalue weighted by Gasteiger charge is -2.13. The minimum Gasteiger partial charge on any atom is -0.394 e. The van der Waals surface area contributed by atoms with Crippen molar-refractivity contribution in [1.82, 2.24) is 4.90 Å². The highest BCUT2D eigenvalue weighted by molar-refractivity contribution is 5.85. The molecule has 90 valence electrons. The molecule has 0 N–H and O–H groups in total. The van der Waals surface area contributed by atoms with Crippen LogP contribution in [0.15, 0.2) is 17.3 Å². The van der Waals surface area contributed by atoms with E-state index in [9.17, 15) is 0 Å². The third-order valence-electron chi connectivity index (χ3n) is 3.25. The van der Waals surface area contributed by atoms with Crippen LogP contribution in [-0.2, 0) is 4.84 Å². The zero-order chi connectivity index (χ0) is 11.1. The number of likely N-dealkylation sites (tertiary alicyclic amines) is 1. The summed E-state index contributed by atoms with van der Waals surface area (Å²) >= 11 is 0. The van der Waals surface area contributed by atoms with E-state index in [1.54, 1.807) is 0 Å². The van der Waals surface area contributed by atoms with Gasteiger partial charge in [-0.05, 0) is 45.2 Å². The van der Waals surface area contributed by atoms with Crippen molar-refractivity contribution < 1.29 is 4.84 Å². The average Bonchev–Trinajstić information content (AvgIpc) is 2.68. The molecule has 1 aliphatic heterocycles. The second kappa shape index (κ2) is 6.69. The van der Waals surface area contributed by atoms with Gasteiger partial charge in [0.15, 0.2) is 0 Å². The van der Waals surface area contributed by atoms with Crippen molar-refractivity contribution in [3.8, 4) is 0 Å². The molecule has 0 aromatic heterocycles. The summed E-state index contributed by atoms with van der Waals surface area (Å²) in [6, 6.07) is 0. The summed E-state index contributed by atoms with van der Waals surface area (Å²) in [6.07, 6.45) is 11.6. The molecule has 0 unspecified atom stereocenters. The summed E-state index contributed by atoms with van der Waals surface area (Å²) in [4.78, 5) is 7.85. The molecule has 2 aliphatic rings. The molecule has 3 nitrogen and oxygen atoms in total. The fraction of sp³-hybridized carbons (Fsp3) is 0.769. The Bertz CT molecular complexity index is 255. The van der Waals surface area contributed by atoms with E-state index in [0.29, 0.717) is 0 Å². The summed E-state index contributed by atoms with van der Waals surface area (Å²) < 4.78 is 0. The lowest BCUT2D eigenvalue weighted by Crippen LogP contribution is -2.23. The van der Waals surface area contributed by atoms with Crippen LogP contribution in [0.3, 0.4) is 0 Å². The number of hydrogen-bond donors (Lipinski definition) is 0. The van der Waals surface area contributed by atoms with Gasteiger partial charge in [-0.25, -0.2) is 0 Å². The summed E-state index contributed by atoms with van der Waals surface area (Å²) in [5.74, 6) is 0.